The zero-order chi connectivity index (χ0) is 15.2. The number of carbonyl (C=O) groups is 2. The second-order valence-electron chi connectivity index (χ2n) is 5.91. The van der Waals surface area contributed by atoms with Gasteiger partial charge >= 0.3 is 5.97 Å². The summed E-state index contributed by atoms with van der Waals surface area (Å²) in [6.45, 7) is 8.21. The van der Waals surface area contributed by atoms with Crippen molar-refractivity contribution in [1.82, 2.24) is 14.7 Å². The molecule has 0 N–H and O–H groups in total. The molecule has 6 heteroatoms. The number of nitrogens with zero attached hydrogens (tertiary/aromatic N) is 3. The monoisotopic (exact) mass is 297 g/mol. The van der Waals surface area contributed by atoms with Crippen LogP contribution in [0.5, 0.6) is 0 Å². The van der Waals surface area contributed by atoms with Gasteiger partial charge in [0.2, 0.25) is 5.91 Å². The number of rotatable bonds is 5. The van der Waals surface area contributed by atoms with Crippen LogP contribution in [-0.4, -0.2) is 85.5 Å². The molecule has 2 aliphatic rings. The van der Waals surface area contributed by atoms with Crippen molar-refractivity contribution in [1.29, 1.82) is 0 Å². The van der Waals surface area contributed by atoms with Crippen LogP contribution in [-0.2, 0) is 14.3 Å². The van der Waals surface area contributed by atoms with Crippen molar-refractivity contribution < 1.29 is 14.3 Å². The maximum absolute atomic E-state index is 12.4. The number of esters is 1. The average molecular weight is 297 g/mol. The van der Waals surface area contributed by atoms with Gasteiger partial charge in [0.25, 0.3) is 0 Å². The molecule has 2 aliphatic heterocycles. The topological polar surface area (TPSA) is 53.1 Å². The third-order valence-corrected chi connectivity index (χ3v) is 4.59. The van der Waals surface area contributed by atoms with E-state index in [-0.39, 0.29) is 17.9 Å². The fraction of sp³-hybridized carbons (Fsp3) is 0.867. The first-order valence-corrected chi connectivity index (χ1v) is 7.94. The van der Waals surface area contributed by atoms with E-state index < -0.39 is 0 Å². The smallest absolute Gasteiger partial charge is 0.306 e. The van der Waals surface area contributed by atoms with Crippen molar-refractivity contribution >= 4 is 11.9 Å². The van der Waals surface area contributed by atoms with Gasteiger partial charge in [-0.3, -0.25) is 14.5 Å². The van der Waals surface area contributed by atoms with Crippen LogP contribution in [0, 0.1) is 0 Å². The van der Waals surface area contributed by atoms with Gasteiger partial charge in [0.1, 0.15) is 0 Å². The Kier molecular flexibility index (Phi) is 5.99. The van der Waals surface area contributed by atoms with Gasteiger partial charge in [0.05, 0.1) is 19.6 Å². The second-order valence-corrected chi connectivity index (χ2v) is 5.91. The number of hydrogen-bond acceptors (Lipinski definition) is 5. The lowest BCUT2D eigenvalue weighted by Crippen LogP contribution is -2.54. The summed E-state index contributed by atoms with van der Waals surface area (Å²) >= 11 is 0. The molecular formula is C15H27N3O3. The standard InChI is InChI=1S/C15H27N3O3/c1-13(15(20)18-6-3-4-7-18)17-11-9-16(10-12-17)8-5-14(19)21-2/h13H,3-12H2,1-2H3. The summed E-state index contributed by atoms with van der Waals surface area (Å²) < 4.78 is 4.66. The molecule has 0 saturated carbocycles. The van der Waals surface area contributed by atoms with Crippen LogP contribution in [0.4, 0.5) is 0 Å². The van der Waals surface area contributed by atoms with Crippen molar-refractivity contribution in [3.8, 4) is 0 Å². The van der Waals surface area contributed by atoms with E-state index in [1.807, 2.05) is 11.8 Å². The summed E-state index contributed by atoms with van der Waals surface area (Å²) in [6, 6.07) is -0.0224. The van der Waals surface area contributed by atoms with Crippen molar-refractivity contribution in [3.05, 3.63) is 0 Å². The van der Waals surface area contributed by atoms with Gasteiger partial charge < -0.3 is 14.5 Å². The van der Waals surface area contributed by atoms with Gasteiger partial charge in [-0.1, -0.05) is 0 Å². The SMILES string of the molecule is COC(=O)CCN1CCN(C(C)C(=O)N2CCCC2)CC1. The van der Waals surface area contributed by atoms with Crippen LogP contribution in [0.15, 0.2) is 0 Å². The van der Waals surface area contributed by atoms with Gasteiger partial charge in [0, 0.05) is 45.8 Å². The minimum absolute atomic E-state index is 0.0224. The molecule has 1 unspecified atom stereocenters. The Morgan fingerprint density at radius 3 is 2.24 bits per heavy atom. The zero-order valence-electron chi connectivity index (χ0n) is 13.2. The minimum atomic E-state index is -0.157. The van der Waals surface area contributed by atoms with Crippen molar-refractivity contribution in [2.45, 2.75) is 32.2 Å². The molecule has 0 aromatic rings. The Morgan fingerprint density at radius 1 is 1.05 bits per heavy atom. The van der Waals surface area contributed by atoms with E-state index in [1.165, 1.54) is 7.11 Å². The Bertz CT molecular complexity index is 361. The van der Waals surface area contributed by atoms with Gasteiger partial charge in [0.15, 0.2) is 0 Å². The molecular weight excluding hydrogens is 270 g/mol. The molecule has 2 saturated heterocycles. The van der Waals surface area contributed by atoms with Crippen LogP contribution in [0.2, 0.25) is 0 Å². The highest BCUT2D eigenvalue weighted by Crippen LogP contribution is 2.14. The lowest BCUT2D eigenvalue weighted by Gasteiger charge is -2.38. The molecule has 1 atom stereocenters. The highest BCUT2D eigenvalue weighted by Gasteiger charge is 2.29. The average Bonchev–Trinajstić information content (AvgIpc) is 3.06. The molecule has 0 radical (unpaired) electrons. The number of ether oxygens (including phenoxy) is 1. The third kappa shape index (κ3) is 4.41. The van der Waals surface area contributed by atoms with Crippen LogP contribution in [0.1, 0.15) is 26.2 Å². The number of hydrogen-bond donors (Lipinski definition) is 0. The Morgan fingerprint density at radius 2 is 1.67 bits per heavy atom. The number of likely N-dealkylation sites (tertiary alicyclic amines) is 1. The molecule has 0 bridgehead atoms. The first-order valence-electron chi connectivity index (χ1n) is 7.94. The van der Waals surface area contributed by atoms with Crippen LogP contribution in [0.25, 0.3) is 0 Å². The van der Waals surface area contributed by atoms with E-state index in [1.54, 1.807) is 0 Å². The van der Waals surface area contributed by atoms with Gasteiger partial charge in [-0.25, -0.2) is 0 Å². The molecule has 0 aromatic heterocycles. The summed E-state index contributed by atoms with van der Waals surface area (Å²) in [5.74, 6) is 0.116. The number of methoxy groups -OCH3 is 1. The van der Waals surface area contributed by atoms with E-state index in [2.05, 4.69) is 14.5 Å². The van der Waals surface area contributed by atoms with E-state index in [9.17, 15) is 9.59 Å². The van der Waals surface area contributed by atoms with Gasteiger partial charge in [-0.05, 0) is 19.8 Å². The highest BCUT2D eigenvalue weighted by molar-refractivity contribution is 5.81. The molecule has 21 heavy (non-hydrogen) atoms. The maximum Gasteiger partial charge on any atom is 0.306 e. The molecule has 6 nitrogen and oxygen atoms in total. The Balaban J connectivity index is 1.72. The number of carbonyl (C=O) groups excluding carboxylic acids is 2. The molecule has 0 aromatic carbocycles. The molecule has 2 rings (SSSR count). The van der Waals surface area contributed by atoms with Crippen molar-refractivity contribution in [2.24, 2.45) is 0 Å². The molecule has 0 aliphatic carbocycles. The lowest BCUT2D eigenvalue weighted by molar-refractivity contribution is -0.141. The first kappa shape index (κ1) is 16.2. The van der Waals surface area contributed by atoms with Crippen molar-refractivity contribution in [2.75, 3.05) is 52.9 Å². The third-order valence-electron chi connectivity index (χ3n) is 4.59. The fourth-order valence-corrected chi connectivity index (χ4v) is 3.08. The summed E-state index contributed by atoms with van der Waals surface area (Å²) in [5.41, 5.74) is 0. The van der Waals surface area contributed by atoms with Gasteiger partial charge in [-0.2, -0.15) is 0 Å². The molecule has 2 heterocycles. The Labute approximate surface area is 127 Å². The molecule has 2 fully saturated rings. The summed E-state index contributed by atoms with van der Waals surface area (Å²) in [5, 5.41) is 0. The van der Waals surface area contributed by atoms with E-state index in [0.29, 0.717) is 6.42 Å². The highest BCUT2D eigenvalue weighted by atomic mass is 16.5. The summed E-state index contributed by atoms with van der Waals surface area (Å²) in [4.78, 5) is 30.1. The number of piperazine rings is 1. The van der Waals surface area contributed by atoms with E-state index in [0.717, 1.165) is 58.7 Å². The zero-order valence-corrected chi connectivity index (χ0v) is 13.2. The quantitative estimate of drug-likeness (QED) is 0.678. The largest absolute Gasteiger partial charge is 0.469 e. The predicted molar refractivity (Wildman–Crippen MR) is 79.9 cm³/mol. The summed E-state index contributed by atoms with van der Waals surface area (Å²) in [6.07, 6.45) is 2.72. The van der Waals surface area contributed by atoms with Crippen LogP contribution < -0.4 is 0 Å². The first-order chi connectivity index (χ1) is 10.1. The second kappa shape index (κ2) is 7.75. The minimum Gasteiger partial charge on any atom is -0.469 e. The predicted octanol–water partition coefficient (Wildman–Crippen LogP) is 0.178. The molecule has 0 spiro atoms. The molecule has 120 valence electrons. The lowest BCUT2D eigenvalue weighted by atomic mass is 10.2. The summed E-state index contributed by atoms with van der Waals surface area (Å²) in [7, 11) is 1.42. The van der Waals surface area contributed by atoms with Crippen LogP contribution >= 0.6 is 0 Å². The van der Waals surface area contributed by atoms with Gasteiger partial charge in [-0.15, -0.1) is 0 Å². The van der Waals surface area contributed by atoms with Crippen molar-refractivity contribution in [3.63, 3.8) is 0 Å². The maximum atomic E-state index is 12.4. The fourth-order valence-electron chi connectivity index (χ4n) is 3.08. The Hall–Kier alpha value is -1.14. The van der Waals surface area contributed by atoms with Crippen LogP contribution in [0.3, 0.4) is 0 Å². The normalized spacial score (nSPS) is 22.3. The van der Waals surface area contributed by atoms with E-state index >= 15 is 0 Å². The number of amides is 1. The molecule has 1 amide bonds. The van der Waals surface area contributed by atoms with E-state index in [4.69, 9.17) is 0 Å².